The van der Waals surface area contributed by atoms with E-state index in [-0.39, 0.29) is 24.0 Å². The minimum atomic E-state index is -1.53. The van der Waals surface area contributed by atoms with E-state index in [1.54, 1.807) is 33.5 Å². The van der Waals surface area contributed by atoms with Gasteiger partial charge in [-0.15, -0.1) is 0 Å². The summed E-state index contributed by atoms with van der Waals surface area (Å²) in [4.78, 5) is 0. The maximum absolute atomic E-state index is 10.3. The highest BCUT2D eigenvalue weighted by Crippen LogP contribution is 2.52. The molecule has 0 bridgehead atoms. The molecule has 0 aliphatic carbocycles. The van der Waals surface area contributed by atoms with Crippen LogP contribution in [0.2, 0.25) is 0 Å². The first-order chi connectivity index (χ1) is 18.4. The van der Waals surface area contributed by atoms with Gasteiger partial charge in [-0.3, -0.25) is 0 Å². The Balaban J connectivity index is 1.32. The minimum absolute atomic E-state index is 0.0965. The molecule has 5 rings (SSSR count). The molecule has 0 radical (unpaired) electrons. The molecule has 3 fully saturated rings. The molecule has 3 saturated heterocycles. The summed E-state index contributed by atoms with van der Waals surface area (Å²) in [5, 5.41) is 39.7. The lowest BCUT2D eigenvalue weighted by atomic mass is 9.84. The van der Waals surface area contributed by atoms with E-state index in [1.807, 2.05) is 24.3 Å². The second kappa shape index (κ2) is 11.2. The van der Waals surface area contributed by atoms with Crippen molar-refractivity contribution >= 4 is 0 Å². The topological polar surface area (TPSA) is 146 Å². The third-order valence-corrected chi connectivity index (χ3v) is 7.61. The van der Waals surface area contributed by atoms with Crippen molar-refractivity contribution in [1.29, 1.82) is 0 Å². The van der Waals surface area contributed by atoms with Crippen molar-refractivity contribution in [2.75, 3.05) is 41.2 Å². The Morgan fingerprint density at radius 3 is 2.13 bits per heavy atom. The van der Waals surface area contributed by atoms with Gasteiger partial charge in [-0.1, -0.05) is 6.07 Å². The Labute approximate surface area is 220 Å². The smallest absolute Gasteiger partial charge is 0.229 e. The van der Waals surface area contributed by atoms with Gasteiger partial charge in [0.25, 0.3) is 0 Å². The molecule has 0 saturated carbocycles. The minimum Gasteiger partial charge on any atom is -0.496 e. The van der Waals surface area contributed by atoms with E-state index < -0.39 is 37.3 Å². The van der Waals surface area contributed by atoms with Crippen LogP contribution in [-0.4, -0.2) is 92.3 Å². The highest BCUT2D eigenvalue weighted by molar-refractivity contribution is 5.45. The molecule has 2 aromatic carbocycles. The molecule has 38 heavy (non-hydrogen) atoms. The van der Waals surface area contributed by atoms with Gasteiger partial charge in [-0.2, -0.15) is 0 Å². The first-order valence-corrected chi connectivity index (χ1v) is 12.5. The number of hydrogen-bond donors (Lipinski definition) is 4. The highest BCUT2D eigenvalue weighted by atomic mass is 16.7. The summed E-state index contributed by atoms with van der Waals surface area (Å²) < 4.78 is 40.2. The summed E-state index contributed by atoms with van der Waals surface area (Å²) in [7, 11) is 4.75. The SMILES string of the molecule is COc1ccc(C2OCC3C(c4ccc(OC5OC(CO)C(O)C(O)C5O)cc4OC)OCC23)cc1OC. The van der Waals surface area contributed by atoms with Gasteiger partial charge in [0.05, 0.1) is 53.4 Å². The van der Waals surface area contributed by atoms with Gasteiger partial charge in [-0.25, -0.2) is 0 Å². The van der Waals surface area contributed by atoms with E-state index >= 15 is 0 Å². The van der Waals surface area contributed by atoms with Crippen molar-refractivity contribution in [1.82, 2.24) is 0 Å². The van der Waals surface area contributed by atoms with E-state index in [9.17, 15) is 20.4 Å². The standard InChI is InChI=1S/C27H34O11/c1-32-18-7-4-13(8-20(18)34-3)25-16-11-36-26(17(16)12-35-25)15-6-5-14(9-19(15)33-2)37-27-24(31)23(30)22(29)21(10-28)38-27/h4-9,16-17,21-31H,10-12H2,1-3H3. The number of rotatable bonds is 8. The zero-order valence-corrected chi connectivity index (χ0v) is 21.4. The van der Waals surface area contributed by atoms with Gasteiger partial charge in [0.1, 0.15) is 35.9 Å². The van der Waals surface area contributed by atoms with Gasteiger partial charge in [0.15, 0.2) is 11.5 Å². The van der Waals surface area contributed by atoms with Gasteiger partial charge in [-0.05, 0) is 29.8 Å². The van der Waals surface area contributed by atoms with Crippen LogP contribution in [0.3, 0.4) is 0 Å². The molecule has 4 N–H and O–H groups in total. The van der Waals surface area contributed by atoms with Crippen molar-refractivity contribution in [2.24, 2.45) is 11.8 Å². The first kappa shape index (κ1) is 26.9. The molecule has 208 valence electrons. The fourth-order valence-electron chi connectivity index (χ4n) is 5.54. The predicted molar refractivity (Wildman–Crippen MR) is 131 cm³/mol. The molecule has 11 heteroatoms. The number of benzene rings is 2. The van der Waals surface area contributed by atoms with Gasteiger partial charge in [0.2, 0.25) is 6.29 Å². The second-order valence-corrected chi connectivity index (χ2v) is 9.67. The summed E-state index contributed by atoms with van der Waals surface area (Å²) in [5.41, 5.74) is 1.83. The summed E-state index contributed by atoms with van der Waals surface area (Å²) in [6.07, 6.45) is -7.27. The fraction of sp³-hybridized carbons (Fsp3) is 0.556. The lowest BCUT2D eigenvalue weighted by Crippen LogP contribution is -2.60. The quantitative estimate of drug-likeness (QED) is 0.384. The van der Waals surface area contributed by atoms with E-state index in [0.29, 0.717) is 36.2 Å². The van der Waals surface area contributed by atoms with Crippen LogP contribution in [0.25, 0.3) is 0 Å². The molecular weight excluding hydrogens is 500 g/mol. The van der Waals surface area contributed by atoms with Crippen LogP contribution in [0.15, 0.2) is 36.4 Å². The zero-order valence-electron chi connectivity index (χ0n) is 21.4. The van der Waals surface area contributed by atoms with Crippen LogP contribution in [0.1, 0.15) is 23.3 Å². The highest BCUT2D eigenvalue weighted by Gasteiger charge is 2.49. The molecule has 3 aliphatic rings. The average Bonchev–Trinajstić information content (AvgIpc) is 3.55. The first-order valence-electron chi connectivity index (χ1n) is 12.5. The van der Waals surface area contributed by atoms with Crippen molar-refractivity contribution in [3.8, 4) is 23.0 Å². The van der Waals surface area contributed by atoms with Crippen LogP contribution < -0.4 is 18.9 Å². The largest absolute Gasteiger partial charge is 0.496 e. The number of methoxy groups -OCH3 is 3. The van der Waals surface area contributed by atoms with E-state index in [1.165, 1.54) is 0 Å². The number of aliphatic hydroxyl groups is 4. The van der Waals surface area contributed by atoms with Gasteiger partial charge >= 0.3 is 0 Å². The summed E-state index contributed by atoms with van der Waals surface area (Å²) in [6, 6.07) is 11.0. The fourth-order valence-corrected chi connectivity index (χ4v) is 5.54. The lowest BCUT2D eigenvalue weighted by Gasteiger charge is -2.39. The predicted octanol–water partition coefficient (Wildman–Crippen LogP) is 0.966. The average molecular weight is 535 g/mol. The van der Waals surface area contributed by atoms with Crippen LogP contribution >= 0.6 is 0 Å². The van der Waals surface area contributed by atoms with Crippen molar-refractivity contribution < 1.29 is 53.6 Å². The number of ether oxygens (including phenoxy) is 7. The molecule has 9 atom stereocenters. The van der Waals surface area contributed by atoms with Crippen LogP contribution in [0, 0.1) is 11.8 Å². The normalized spacial score (nSPS) is 34.6. The zero-order chi connectivity index (χ0) is 27.0. The molecule has 0 spiro atoms. The number of fused-ring (bicyclic) bond motifs is 1. The Hall–Kier alpha value is -2.64. The van der Waals surface area contributed by atoms with Crippen LogP contribution in [0.4, 0.5) is 0 Å². The molecule has 11 nitrogen and oxygen atoms in total. The molecular formula is C27H34O11. The van der Waals surface area contributed by atoms with Crippen molar-refractivity contribution in [2.45, 2.75) is 42.9 Å². The van der Waals surface area contributed by atoms with Crippen molar-refractivity contribution in [3.05, 3.63) is 47.5 Å². The van der Waals surface area contributed by atoms with Gasteiger partial charge in [0, 0.05) is 23.5 Å². The molecule has 0 amide bonds. The molecule has 2 aromatic rings. The molecule has 3 aliphatic heterocycles. The monoisotopic (exact) mass is 534 g/mol. The maximum atomic E-state index is 10.3. The van der Waals surface area contributed by atoms with E-state index in [4.69, 9.17) is 33.2 Å². The molecule has 9 unspecified atom stereocenters. The lowest BCUT2D eigenvalue weighted by molar-refractivity contribution is -0.277. The van der Waals surface area contributed by atoms with Crippen molar-refractivity contribution in [3.63, 3.8) is 0 Å². The second-order valence-electron chi connectivity index (χ2n) is 9.67. The Kier molecular flexibility index (Phi) is 7.96. The van der Waals surface area contributed by atoms with Gasteiger partial charge < -0.3 is 53.6 Å². The Morgan fingerprint density at radius 1 is 0.763 bits per heavy atom. The summed E-state index contributed by atoms with van der Waals surface area (Å²) >= 11 is 0. The summed E-state index contributed by atoms with van der Waals surface area (Å²) in [6.45, 7) is 0.488. The number of aliphatic hydroxyl groups excluding tert-OH is 4. The third kappa shape index (κ3) is 4.79. The van der Waals surface area contributed by atoms with E-state index in [2.05, 4.69) is 0 Å². The molecule has 3 heterocycles. The van der Waals surface area contributed by atoms with Crippen LogP contribution in [0.5, 0.6) is 23.0 Å². The Bertz CT molecular complexity index is 1110. The molecule has 0 aromatic heterocycles. The third-order valence-electron chi connectivity index (χ3n) is 7.61. The number of hydrogen-bond acceptors (Lipinski definition) is 11. The summed E-state index contributed by atoms with van der Waals surface area (Å²) in [5.74, 6) is 2.36. The van der Waals surface area contributed by atoms with E-state index in [0.717, 1.165) is 11.1 Å². The maximum Gasteiger partial charge on any atom is 0.229 e. The van der Waals surface area contributed by atoms with Crippen LogP contribution in [-0.2, 0) is 14.2 Å². The Morgan fingerprint density at radius 2 is 1.45 bits per heavy atom.